The second-order valence-corrected chi connectivity index (χ2v) is 7.33. The number of carbonyl (C=O) groups is 1. The Balaban J connectivity index is 1.36. The van der Waals surface area contributed by atoms with Crippen LogP contribution in [-0.4, -0.2) is 34.2 Å². The highest BCUT2D eigenvalue weighted by atomic mass is 16.5. The third-order valence-corrected chi connectivity index (χ3v) is 5.27. The maximum atomic E-state index is 12.5. The molecule has 1 N–H and O–H groups in total. The summed E-state index contributed by atoms with van der Waals surface area (Å²) in [6.45, 7) is 5.38. The van der Waals surface area contributed by atoms with E-state index in [4.69, 9.17) is 4.52 Å². The zero-order chi connectivity index (χ0) is 19.5. The number of urea groups is 1. The lowest BCUT2D eigenvalue weighted by Gasteiger charge is -2.30. The molecule has 1 aliphatic rings. The van der Waals surface area contributed by atoms with Crippen LogP contribution in [0.3, 0.4) is 0 Å². The van der Waals surface area contributed by atoms with Gasteiger partial charge in [-0.05, 0) is 38.3 Å². The summed E-state index contributed by atoms with van der Waals surface area (Å²) >= 11 is 0. The number of nitrogens with one attached hydrogen (secondary N) is 1. The number of rotatable bonds is 3. The van der Waals surface area contributed by atoms with Crippen molar-refractivity contribution in [2.24, 2.45) is 0 Å². The van der Waals surface area contributed by atoms with Crippen molar-refractivity contribution in [1.82, 2.24) is 15.0 Å². The van der Waals surface area contributed by atoms with Gasteiger partial charge in [0.05, 0.1) is 0 Å². The molecule has 0 aliphatic carbocycles. The van der Waals surface area contributed by atoms with Gasteiger partial charge in [0.1, 0.15) is 0 Å². The maximum absolute atomic E-state index is 12.5. The fraction of sp³-hybridized carbons (Fsp3) is 0.318. The maximum Gasteiger partial charge on any atom is 0.321 e. The van der Waals surface area contributed by atoms with E-state index >= 15 is 0 Å². The number of amides is 2. The van der Waals surface area contributed by atoms with Gasteiger partial charge in [-0.15, -0.1) is 0 Å². The minimum absolute atomic E-state index is 0.0568. The number of benzene rings is 2. The number of aromatic nitrogens is 2. The van der Waals surface area contributed by atoms with Crippen molar-refractivity contribution in [1.29, 1.82) is 0 Å². The molecule has 1 aromatic heterocycles. The molecule has 2 heterocycles. The highest BCUT2D eigenvalue weighted by Gasteiger charge is 2.27. The number of likely N-dealkylation sites (tertiary alicyclic amines) is 1. The van der Waals surface area contributed by atoms with E-state index < -0.39 is 0 Å². The molecule has 4 rings (SSSR count). The van der Waals surface area contributed by atoms with E-state index in [0.29, 0.717) is 24.8 Å². The number of piperidine rings is 1. The fourth-order valence-electron chi connectivity index (χ4n) is 3.46. The van der Waals surface area contributed by atoms with Gasteiger partial charge < -0.3 is 14.7 Å². The zero-order valence-corrected chi connectivity index (χ0v) is 16.2. The van der Waals surface area contributed by atoms with Crippen LogP contribution in [-0.2, 0) is 0 Å². The van der Waals surface area contributed by atoms with Crippen LogP contribution in [0, 0.1) is 13.8 Å². The molecule has 0 spiro atoms. The van der Waals surface area contributed by atoms with Crippen molar-refractivity contribution in [3.8, 4) is 11.4 Å². The average Bonchev–Trinajstić information content (AvgIpc) is 3.20. The second-order valence-electron chi connectivity index (χ2n) is 7.33. The van der Waals surface area contributed by atoms with Gasteiger partial charge >= 0.3 is 6.03 Å². The van der Waals surface area contributed by atoms with Crippen LogP contribution < -0.4 is 5.32 Å². The molecule has 2 aromatic carbocycles. The summed E-state index contributed by atoms with van der Waals surface area (Å²) in [6, 6.07) is 15.8. The number of carbonyl (C=O) groups excluding carboxylic acids is 1. The first-order valence-electron chi connectivity index (χ1n) is 9.62. The van der Waals surface area contributed by atoms with E-state index in [1.165, 1.54) is 5.56 Å². The highest BCUT2D eigenvalue weighted by molar-refractivity contribution is 5.90. The monoisotopic (exact) mass is 376 g/mol. The third-order valence-electron chi connectivity index (χ3n) is 5.27. The minimum atomic E-state index is -0.0568. The lowest BCUT2D eigenvalue weighted by atomic mass is 9.97. The van der Waals surface area contributed by atoms with Crippen LogP contribution in [0.25, 0.3) is 11.4 Å². The van der Waals surface area contributed by atoms with Gasteiger partial charge in [0.2, 0.25) is 11.7 Å². The van der Waals surface area contributed by atoms with E-state index in [9.17, 15) is 4.79 Å². The summed E-state index contributed by atoms with van der Waals surface area (Å²) in [5, 5.41) is 7.13. The van der Waals surface area contributed by atoms with Crippen molar-refractivity contribution in [3.05, 3.63) is 65.5 Å². The molecule has 1 fully saturated rings. The van der Waals surface area contributed by atoms with Crippen LogP contribution in [0.1, 0.15) is 35.8 Å². The van der Waals surface area contributed by atoms with Gasteiger partial charge in [0.15, 0.2) is 0 Å². The molecule has 0 unspecified atom stereocenters. The Labute approximate surface area is 164 Å². The first-order chi connectivity index (χ1) is 13.6. The lowest BCUT2D eigenvalue weighted by molar-refractivity contribution is 0.187. The Morgan fingerprint density at radius 2 is 1.79 bits per heavy atom. The Kier molecular flexibility index (Phi) is 5.10. The summed E-state index contributed by atoms with van der Waals surface area (Å²) in [5.41, 5.74) is 4.06. The number of para-hydroxylation sites is 1. The molecule has 0 saturated carbocycles. The van der Waals surface area contributed by atoms with Gasteiger partial charge in [-0.2, -0.15) is 4.98 Å². The van der Waals surface area contributed by atoms with E-state index in [1.807, 2.05) is 60.4 Å². The smallest absolute Gasteiger partial charge is 0.321 e. The summed E-state index contributed by atoms with van der Waals surface area (Å²) < 4.78 is 5.52. The fourth-order valence-corrected chi connectivity index (χ4v) is 3.46. The largest absolute Gasteiger partial charge is 0.339 e. The van der Waals surface area contributed by atoms with Gasteiger partial charge in [0, 0.05) is 30.3 Å². The van der Waals surface area contributed by atoms with Crippen molar-refractivity contribution in [2.75, 3.05) is 18.4 Å². The van der Waals surface area contributed by atoms with Crippen LogP contribution in [0.5, 0.6) is 0 Å². The molecule has 1 saturated heterocycles. The summed E-state index contributed by atoms with van der Waals surface area (Å²) in [6.07, 6.45) is 1.63. The first kappa shape index (κ1) is 18.2. The molecule has 144 valence electrons. The minimum Gasteiger partial charge on any atom is -0.339 e. The lowest BCUT2D eigenvalue weighted by Crippen LogP contribution is -2.40. The third kappa shape index (κ3) is 3.91. The van der Waals surface area contributed by atoms with Crippen molar-refractivity contribution in [3.63, 3.8) is 0 Å². The first-order valence-corrected chi connectivity index (χ1v) is 9.62. The molecule has 0 bridgehead atoms. The second kappa shape index (κ2) is 7.84. The molecule has 28 heavy (non-hydrogen) atoms. The molecule has 6 nitrogen and oxygen atoms in total. The molecule has 3 aromatic rings. The van der Waals surface area contributed by atoms with E-state index in [1.54, 1.807) is 0 Å². The average molecular weight is 376 g/mol. The Morgan fingerprint density at radius 1 is 1.07 bits per heavy atom. The van der Waals surface area contributed by atoms with Gasteiger partial charge in [-0.1, -0.05) is 53.2 Å². The highest BCUT2D eigenvalue weighted by Crippen LogP contribution is 2.29. The quantitative estimate of drug-likeness (QED) is 0.715. The summed E-state index contributed by atoms with van der Waals surface area (Å²) in [4.78, 5) is 19.0. The molecule has 0 radical (unpaired) electrons. The van der Waals surface area contributed by atoms with Crippen molar-refractivity contribution >= 4 is 11.7 Å². The van der Waals surface area contributed by atoms with Gasteiger partial charge in [0.25, 0.3) is 0 Å². The molecule has 6 heteroatoms. The van der Waals surface area contributed by atoms with Crippen LogP contribution in [0.4, 0.5) is 10.5 Å². The summed E-state index contributed by atoms with van der Waals surface area (Å²) in [5.74, 6) is 1.47. The van der Waals surface area contributed by atoms with Crippen LogP contribution >= 0.6 is 0 Å². The predicted octanol–water partition coefficient (Wildman–Crippen LogP) is 4.76. The Bertz CT molecular complexity index is 957. The van der Waals surface area contributed by atoms with E-state index in [-0.39, 0.29) is 11.9 Å². The number of hydrogen-bond donors (Lipinski definition) is 1. The molecule has 0 atom stereocenters. The van der Waals surface area contributed by atoms with Gasteiger partial charge in [-0.3, -0.25) is 0 Å². The molecule has 2 amide bonds. The SMILES string of the molecule is Cc1ccc(-c2noc(C3CCN(C(=O)Nc4ccccc4C)CC3)n2)cc1. The van der Waals surface area contributed by atoms with E-state index in [2.05, 4.69) is 22.4 Å². The predicted molar refractivity (Wildman–Crippen MR) is 108 cm³/mol. The topological polar surface area (TPSA) is 71.3 Å². The zero-order valence-electron chi connectivity index (χ0n) is 16.2. The van der Waals surface area contributed by atoms with Gasteiger partial charge in [-0.25, -0.2) is 4.79 Å². The number of anilines is 1. The van der Waals surface area contributed by atoms with Crippen molar-refractivity contribution < 1.29 is 9.32 Å². The van der Waals surface area contributed by atoms with Crippen molar-refractivity contribution in [2.45, 2.75) is 32.6 Å². The Morgan fingerprint density at radius 3 is 2.50 bits per heavy atom. The number of nitrogens with zero attached hydrogens (tertiary/aromatic N) is 3. The number of hydrogen-bond acceptors (Lipinski definition) is 4. The molecule has 1 aliphatic heterocycles. The Hall–Kier alpha value is -3.15. The van der Waals surface area contributed by atoms with Crippen LogP contribution in [0.15, 0.2) is 53.1 Å². The standard InChI is InChI=1S/C22H24N4O2/c1-15-7-9-17(10-8-15)20-24-21(28-25-20)18-11-13-26(14-12-18)22(27)23-19-6-4-3-5-16(19)2/h3-10,18H,11-14H2,1-2H3,(H,23,27). The number of aryl methyl sites for hydroxylation is 2. The van der Waals surface area contributed by atoms with E-state index in [0.717, 1.165) is 29.7 Å². The van der Waals surface area contributed by atoms with Crippen LogP contribution in [0.2, 0.25) is 0 Å². The molecular weight excluding hydrogens is 352 g/mol. The molecular formula is C22H24N4O2. The summed E-state index contributed by atoms with van der Waals surface area (Å²) in [7, 11) is 0. The normalized spacial score (nSPS) is 14.9.